The van der Waals surface area contributed by atoms with Gasteiger partial charge in [0.2, 0.25) is 22.3 Å². The SMILES string of the molecule is NC(=O)C12CC3CC(CC(C3)C1(NC=O)c1ccc(S(=O)(=O)NCC3CC3)c(F)c1F)C2. The van der Waals surface area contributed by atoms with E-state index in [2.05, 4.69) is 10.0 Å². The van der Waals surface area contributed by atoms with Gasteiger partial charge in [-0.3, -0.25) is 9.59 Å². The minimum atomic E-state index is -4.25. The van der Waals surface area contributed by atoms with Gasteiger partial charge in [0.25, 0.3) is 0 Å². The average molecular weight is 468 g/mol. The standard InChI is InChI=1S/C22H27F2N3O4S/c23-18-16(3-4-17(19(18)24)32(30,31)27-10-12-1-2-12)22(26-11-28)15-6-13-5-14(7-15)9-21(22,8-13)20(25)29/h3-4,11-15,27H,1-2,5-10H2,(H2,25,29)(H,26,28). The Morgan fingerprint density at radius 3 is 2.34 bits per heavy atom. The number of amides is 2. The van der Waals surface area contributed by atoms with Crippen LogP contribution in [0.5, 0.6) is 0 Å². The van der Waals surface area contributed by atoms with Crippen molar-refractivity contribution in [1.29, 1.82) is 0 Å². The number of primary amides is 1. The molecule has 4 bridgehead atoms. The largest absolute Gasteiger partial charge is 0.369 e. The van der Waals surface area contributed by atoms with Gasteiger partial charge in [-0.1, -0.05) is 6.07 Å². The topological polar surface area (TPSA) is 118 Å². The molecule has 0 saturated heterocycles. The predicted octanol–water partition coefficient (Wildman–Crippen LogP) is 1.91. The van der Waals surface area contributed by atoms with E-state index >= 15 is 8.78 Å². The van der Waals surface area contributed by atoms with Gasteiger partial charge in [0.15, 0.2) is 11.6 Å². The monoisotopic (exact) mass is 467 g/mol. The van der Waals surface area contributed by atoms with Crippen molar-refractivity contribution in [2.75, 3.05) is 6.54 Å². The fourth-order valence-electron chi connectivity index (χ4n) is 7.00. The first kappa shape index (κ1) is 21.8. The number of sulfonamides is 1. The molecule has 5 saturated carbocycles. The van der Waals surface area contributed by atoms with Gasteiger partial charge >= 0.3 is 0 Å². The number of benzene rings is 1. The van der Waals surface area contributed by atoms with Crippen molar-refractivity contribution in [2.24, 2.45) is 34.8 Å². The molecule has 0 radical (unpaired) electrons. The van der Waals surface area contributed by atoms with Crippen LogP contribution in [0.2, 0.25) is 0 Å². The van der Waals surface area contributed by atoms with E-state index in [1.807, 2.05) is 0 Å². The summed E-state index contributed by atoms with van der Waals surface area (Å²) in [6, 6.07) is 2.23. The number of hydrogen-bond donors (Lipinski definition) is 3. The van der Waals surface area contributed by atoms with Crippen LogP contribution in [0.3, 0.4) is 0 Å². The Morgan fingerprint density at radius 1 is 1.12 bits per heavy atom. The van der Waals surface area contributed by atoms with Gasteiger partial charge in [-0.15, -0.1) is 0 Å². The lowest BCUT2D eigenvalue weighted by Gasteiger charge is -2.66. The third kappa shape index (κ3) is 2.95. The number of carbonyl (C=O) groups is 2. The molecule has 5 aliphatic carbocycles. The Kier molecular flexibility index (Phi) is 4.91. The summed E-state index contributed by atoms with van der Waals surface area (Å²) in [6.07, 6.45) is 5.27. The summed E-state index contributed by atoms with van der Waals surface area (Å²) in [4.78, 5) is 23.8. The molecule has 5 aliphatic rings. The molecule has 0 aliphatic heterocycles. The summed E-state index contributed by atoms with van der Waals surface area (Å²) in [6.45, 7) is 0.178. The highest BCUT2D eigenvalue weighted by molar-refractivity contribution is 7.89. The summed E-state index contributed by atoms with van der Waals surface area (Å²) in [5, 5.41) is 2.70. The number of halogens is 2. The molecule has 0 heterocycles. The highest BCUT2D eigenvalue weighted by Gasteiger charge is 2.69. The quantitative estimate of drug-likeness (QED) is 0.506. The number of carbonyl (C=O) groups excluding carboxylic acids is 2. The molecule has 10 heteroatoms. The Bertz CT molecular complexity index is 1080. The van der Waals surface area contributed by atoms with Gasteiger partial charge in [0.05, 0.1) is 11.0 Å². The molecule has 6 rings (SSSR count). The fraction of sp³-hybridized carbons (Fsp3) is 0.636. The molecular weight excluding hydrogens is 440 g/mol. The maximum atomic E-state index is 15.6. The molecule has 0 aromatic heterocycles. The molecule has 174 valence electrons. The minimum Gasteiger partial charge on any atom is -0.369 e. The van der Waals surface area contributed by atoms with Gasteiger partial charge in [-0.25, -0.2) is 21.9 Å². The maximum absolute atomic E-state index is 15.6. The highest BCUT2D eigenvalue weighted by Crippen LogP contribution is 2.68. The van der Waals surface area contributed by atoms with Gasteiger partial charge in [-0.05, 0) is 74.7 Å². The zero-order valence-electron chi connectivity index (χ0n) is 17.6. The van der Waals surface area contributed by atoms with Crippen molar-refractivity contribution in [1.82, 2.24) is 10.0 Å². The van der Waals surface area contributed by atoms with E-state index in [0.717, 1.165) is 25.3 Å². The molecule has 32 heavy (non-hydrogen) atoms. The lowest BCUT2D eigenvalue weighted by Crippen LogP contribution is -2.72. The van der Waals surface area contributed by atoms with E-state index in [4.69, 9.17) is 5.73 Å². The van der Waals surface area contributed by atoms with Gasteiger partial charge in [0, 0.05) is 12.1 Å². The smallest absolute Gasteiger partial charge is 0.243 e. The second-order valence-electron chi connectivity index (χ2n) is 10.1. The molecule has 1 aromatic carbocycles. The summed E-state index contributed by atoms with van der Waals surface area (Å²) in [7, 11) is -4.25. The van der Waals surface area contributed by atoms with Crippen molar-refractivity contribution < 1.29 is 26.8 Å². The summed E-state index contributed by atoms with van der Waals surface area (Å²) in [5.41, 5.74) is 2.92. The van der Waals surface area contributed by atoms with Crippen LogP contribution in [0, 0.1) is 40.7 Å². The normalized spacial score (nSPS) is 35.6. The highest BCUT2D eigenvalue weighted by atomic mass is 32.2. The zero-order valence-corrected chi connectivity index (χ0v) is 18.4. The molecule has 3 unspecified atom stereocenters. The lowest BCUT2D eigenvalue weighted by atomic mass is 9.40. The Hall–Kier alpha value is -2.07. The van der Waals surface area contributed by atoms with Crippen LogP contribution in [0.15, 0.2) is 17.0 Å². The summed E-state index contributed by atoms with van der Waals surface area (Å²) in [5.74, 6) is -3.11. The number of hydrogen-bond acceptors (Lipinski definition) is 4. The third-order valence-electron chi connectivity index (χ3n) is 8.32. The van der Waals surface area contributed by atoms with Crippen molar-refractivity contribution in [3.8, 4) is 0 Å². The van der Waals surface area contributed by atoms with Gasteiger partial charge in [-0.2, -0.15) is 0 Å². The first-order valence-corrected chi connectivity index (χ1v) is 12.6. The number of nitrogens with one attached hydrogen (secondary N) is 2. The van der Waals surface area contributed by atoms with Crippen LogP contribution in [0.1, 0.15) is 50.5 Å². The van der Waals surface area contributed by atoms with Crippen LogP contribution < -0.4 is 15.8 Å². The first-order chi connectivity index (χ1) is 15.1. The number of nitrogens with two attached hydrogens (primary N) is 1. The van der Waals surface area contributed by atoms with E-state index in [-0.39, 0.29) is 35.8 Å². The molecule has 2 amide bonds. The van der Waals surface area contributed by atoms with Gasteiger partial charge in [0.1, 0.15) is 4.90 Å². The van der Waals surface area contributed by atoms with Crippen LogP contribution in [-0.4, -0.2) is 27.3 Å². The minimum absolute atomic E-state index is 0.178. The van der Waals surface area contributed by atoms with E-state index in [1.54, 1.807) is 0 Å². The molecule has 0 spiro atoms. The second-order valence-corrected chi connectivity index (χ2v) is 11.8. The van der Waals surface area contributed by atoms with Gasteiger partial charge < -0.3 is 11.1 Å². The number of rotatable bonds is 8. The van der Waals surface area contributed by atoms with Crippen molar-refractivity contribution in [2.45, 2.75) is 55.4 Å². The van der Waals surface area contributed by atoms with Crippen LogP contribution in [0.4, 0.5) is 8.78 Å². The van der Waals surface area contributed by atoms with Crippen molar-refractivity contribution >= 4 is 22.3 Å². The molecule has 1 aromatic rings. The molecule has 4 N–H and O–H groups in total. The average Bonchev–Trinajstić information content (AvgIpc) is 3.55. The third-order valence-corrected chi connectivity index (χ3v) is 9.76. The first-order valence-electron chi connectivity index (χ1n) is 11.1. The summed E-state index contributed by atoms with van der Waals surface area (Å²) >= 11 is 0. The van der Waals surface area contributed by atoms with Crippen molar-refractivity contribution in [3.05, 3.63) is 29.3 Å². The Balaban J connectivity index is 1.63. The lowest BCUT2D eigenvalue weighted by molar-refractivity contribution is -0.172. The Morgan fingerprint density at radius 2 is 1.78 bits per heavy atom. The van der Waals surface area contributed by atoms with E-state index in [0.29, 0.717) is 32.1 Å². The van der Waals surface area contributed by atoms with Crippen LogP contribution in [-0.2, 0) is 25.2 Å². The fourth-order valence-corrected chi connectivity index (χ4v) is 8.19. The maximum Gasteiger partial charge on any atom is 0.243 e. The predicted molar refractivity (Wildman–Crippen MR) is 110 cm³/mol. The molecule has 3 atom stereocenters. The molecule has 5 fully saturated rings. The Labute approximate surface area is 185 Å². The van der Waals surface area contributed by atoms with E-state index < -0.39 is 43.4 Å². The van der Waals surface area contributed by atoms with Crippen LogP contribution >= 0.6 is 0 Å². The summed E-state index contributed by atoms with van der Waals surface area (Å²) < 4.78 is 58.4. The van der Waals surface area contributed by atoms with E-state index in [9.17, 15) is 18.0 Å². The molecular formula is C22H27F2N3O4S. The molecule has 7 nitrogen and oxygen atoms in total. The second kappa shape index (κ2) is 7.21. The van der Waals surface area contributed by atoms with Crippen LogP contribution in [0.25, 0.3) is 0 Å². The van der Waals surface area contributed by atoms with E-state index in [1.165, 1.54) is 6.07 Å². The van der Waals surface area contributed by atoms with Crippen molar-refractivity contribution in [3.63, 3.8) is 0 Å². The zero-order chi connectivity index (χ0) is 22.9.